The molecule has 0 amide bonds. The second-order valence-corrected chi connectivity index (χ2v) is 7.68. The van der Waals surface area contributed by atoms with Crippen LogP contribution in [0.2, 0.25) is 0 Å². The minimum Gasteiger partial charge on any atom is -0.494 e. The second-order valence-electron chi connectivity index (χ2n) is 7.68. The summed E-state index contributed by atoms with van der Waals surface area (Å²) < 4.78 is 1.38. The fourth-order valence-electron chi connectivity index (χ4n) is 4.28. The van der Waals surface area contributed by atoms with Crippen molar-refractivity contribution in [2.75, 3.05) is 19.6 Å². The van der Waals surface area contributed by atoms with E-state index in [-0.39, 0.29) is 11.4 Å². The van der Waals surface area contributed by atoms with Gasteiger partial charge in [0.05, 0.1) is 17.8 Å². The molecule has 1 atom stereocenters. The van der Waals surface area contributed by atoms with E-state index < -0.39 is 0 Å². The maximum atomic E-state index is 13.1. The number of aromatic nitrogens is 1. The van der Waals surface area contributed by atoms with Crippen LogP contribution in [0.3, 0.4) is 0 Å². The van der Waals surface area contributed by atoms with Crippen LogP contribution in [0.25, 0.3) is 16.5 Å². The van der Waals surface area contributed by atoms with Gasteiger partial charge in [-0.3, -0.25) is 14.7 Å². The quantitative estimate of drug-likeness (QED) is 0.673. The first kappa shape index (κ1) is 19.4. The van der Waals surface area contributed by atoms with Crippen LogP contribution in [0.5, 0.6) is 5.88 Å². The van der Waals surface area contributed by atoms with Crippen LogP contribution in [-0.4, -0.2) is 46.5 Å². The summed E-state index contributed by atoms with van der Waals surface area (Å²) in [5, 5.41) is 12.4. The first-order valence-electron chi connectivity index (χ1n) is 10.3. The first-order valence-corrected chi connectivity index (χ1v) is 10.3. The largest absolute Gasteiger partial charge is 0.494 e. The summed E-state index contributed by atoms with van der Waals surface area (Å²) in [7, 11) is 0. The predicted octanol–water partition coefficient (Wildman–Crippen LogP) is 3.91. The lowest BCUT2D eigenvalue weighted by atomic mass is 10.1. The molecule has 1 fully saturated rings. The molecule has 150 valence electrons. The van der Waals surface area contributed by atoms with E-state index in [0.717, 1.165) is 30.5 Å². The van der Waals surface area contributed by atoms with Crippen molar-refractivity contribution in [2.45, 2.75) is 32.7 Å². The molecule has 0 radical (unpaired) electrons. The summed E-state index contributed by atoms with van der Waals surface area (Å²) in [4.78, 5) is 20.2. The Bertz CT molecular complexity index is 1120. The molecule has 1 saturated heterocycles. The van der Waals surface area contributed by atoms with Gasteiger partial charge in [0.2, 0.25) is 5.88 Å². The van der Waals surface area contributed by atoms with Crippen molar-refractivity contribution < 1.29 is 5.11 Å². The number of likely N-dealkylation sites (N-methyl/N-ethyl adjacent to an activating group) is 1. The maximum absolute atomic E-state index is 13.1. The van der Waals surface area contributed by atoms with Crippen LogP contribution in [0.15, 0.2) is 58.3 Å². The number of pyridine rings is 1. The van der Waals surface area contributed by atoms with Crippen molar-refractivity contribution in [3.63, 3.8) is 0 Å². The van der Waals surface area contributed by atoms with E-state index in [9.17, 15) is 9.90 Å². The Balaban J connectivity index is 1.81. The standard InChI is InChI=1S/C24H27N3O2/c1-3-26-13-7-10-19(26)15-25-16-22-20-11-4-5-12-21(20)23(28)27(24(22)29)18-9-6-8-17(2)14-18/h4-6,8-9,11-12,14,16,19,29H,3,7,10,13,15H2,1-2H3. The average Bonchev–Trinajstić information content (AvgIpc) is 3.18. The van der Waals surface area contributed by atoms with Crippen LogP contribution in [0.4, 0.5) is 0 Å². The van der Waals surface area contributed by atoms with Gasteiger partial charge in [0.1, 0.15) is 0 Å². The molecule has 0 spiro atoms. The lowest BCUT2D eigenvalue weighted by Gasteiger charge is -2.20. The molecular weight excluding hydrogens is 362 g/mol. The van der Waals surface area contributed by atoms with Crippen LogP contribution in [-0.2, 0) is 0 Å². The summed E-state index contributed by atoms with van der Waals surface area (Å²) in [5.41, 5.74) is 2.04. The third kappa shape index (κ3) is 3.70. The van der Waals surface area contributed by atoms with E-state index >= 15 is 0 Å². The number of hydrogen-bond donors (Lipinski definition) is 1. The van der Waals surface area contributed by atoms with Crippen LogP contribution < -0.4 is 5.56 Å². The van der Waals surface area contributed by atoms with Gasteiger partial charge in [-0.1, -0.05) is 37.3 Å². The molecule has 1 N–H and O–H groups in total. The van der Waals surface area contributed by atoms with Crippen molar-refractivity contribution in [1.82, 2.24) is 9.47 Å². The monoisotopic (exact) mass is 389 g/mol. The Morgan fingerprint density at radius 2 is 1.97 bits per heavy atom. The van der Waals surface area contributed by atoms with Gasteiger partial charge in [0.15, 0.2) is 0 Å². The molecule has 1 aliphatic heterocycles. The van der Waals surface area contributed by atoms with Crippen LogP contribution >= 0.6 is 0 Å². The van der Waals surface area contributed by atoms with E-state index in [1.165, 1.54) is 11.0 Å². The lowest BCUT2D eigenvalue weighted by Crippen LogP contribution is -2.31. The second kappa shape index (κ2) is 8.21. The number of fused-ring (bicyclic) bond motifs is 1. The van der Waals surface area contributed by atoms with Gasteiger partial charge >= 0.3 is 0 Å². The number of rotatable bonds is 5. The number of likely N-dealkylation sites (tertiary alicyclic amines) is 1. The molecule has 0 bridgehead atoms. The average molecular weight is 389 g/mol. The molecular formula is C24H27N3O2. The highest BCUT2D eigenvalue weighted by molar-refractivity contribution is 6.01. The van der Waals surface area contributed by atoms with E-state index in [1.807, 2.05) is 49.4 Å². The van der Waals surface area contributed by atoms with Gasteiger partial charge in [-0.2, -0.15) is 0 Å². The summed E-state index contributed by atoms with van der Waals surface area (Å²) in [6.07, 6.45) is 4.09. The molecule has 0 aliphatic carbocycles. The number of aliphatic imine (C=N–C) groups is 1. The smallest absolute Gasteiger partial charge is 0.265 e. The summed E-state index contributed by atoms with van der Waals surface area (Å²) in [6, 6.07) is 15.4. The van der Waals surface area contributed by atoms with Gasteiger partial charge in [0, 0.05) is 23.0 Å². The first-order chi connectivity index (χ1) is 14.1. The maximum Gasteiger partial charge on any atom is 0.265 e. The highest BCUT2D eigenvalue weighted by Gasteiger charge is 2.22. The Hall–Kier alpha value is -2.92. The molecule has 3 aromatic rings. The van der Waals surface area contributed by atoms with Gasteiger partial charge in [0.25, 0.3) is 5.56 Å². The Kier molecular flexibility index (Phi) is 5.49. The highest BCUT2D eigenvalue weighted by Crippen LogP contribution is 2.26. The third-order valence-corrected chi connectivity index (χ3v) is 5.81. The zero-order chi connectivity index (χ0) is 20.4. The van der Waals surface area contributed by atoms with Crippen molar-refractivity contribution in [3.05, 3.63) is 70.0 Å². The van der Waals surface area contributed by atoms with Gasteiger partial charge in [-0.05, 0) is 56.6 Å². The number of aryl methyl sites for hydroxylation is 1. The summed E-state index contributed by atoms with van der Waals surface area (Å²) >= 11 is 0. The zero-order valence-electron chi connectivity index (χ0n) is 17.0. The number of nitrogens with zero attached hydrogens (tertiary/aromatic N) is 3. The van der Waals surface area contributed by atoms with E-state index in [0.29, 0.717) is 29.2 Å². The van der Waals surface area contributed by atoms with Crippen LogP contribution in [0, 0.1) is 6.92 Å². The van der Waals surface area contributed by atoms with Crippen molar-refractivity contribution in [3.8, 4) is 11.6 Å². The van der Waals surface area contributed by atoms with Gasteiger partial charge < -0.3 is 5.11 Å². The third-order valence-electron chi connectivity index (χ3n) is 5.81. The minimum atomic E-state index is -0.228. The molecule has 1 aliphatic rings. The van der Waals surface area contributed by atoms with Crippen molar-refractivity contribution in [2.24, 2.45) is 4.99 Å². The zero-order valence-corrected chi connectivity index (χ0v) is 17.0. The molecule has 2 aromatic carbocycles. The number of aromatic hydroxyl groups is 1. The molecule has 0 saturated carbocycles. The van der Waals surface area contributed by atoms with Crippen molar-refractivity contribution in [1.29, 1.82) is 0 Å². The van der Waals surface area contributed by atoms with Crippen molar-refractivity contribution >= 4 is 17.0 Å². The Morgan fingerprint density at radius 3 is 2.72 bits per heavy atom. The number of hydrogen-bond acceptors (Lipinski definition) is 4. The summed E-state index contributed by atoms with van der Waals surface area (Å²) in [5.74, 6) is -0.0678. The predicted molar refractivity (Wildman–Crippen MR) is 119 cm³/mol. The molecule has 1 unspecified atom stereocenters. The molecule has 5 nitrogen and oxygen atoms in total. The molecule has 5 heteroatoms. The summed E-state index contributed by atoms with van der Waals surface area (Å²) in [6.45, 7) is 7.01. The molecule has 1 aromatic heterocycles. The van der Waals surface area contributed by atoms with Crippen LogP contribution in [0.1, 0.15) is 30.9 Å². The molecule has 29 heavy (non-hydrogen) atoms. The fourth-order valence-corrected chi connectivity index (χ4v) is 4.28. The van der Waals surface area contributed by atoms with E-state index in [2.05, 4.69) is 16.8 Å². The molecule has 2 heterocycles. The SMILES string of the molecule is CCN1CCCC1CN=Cc1c(O)n(-c2cccc(C)c2)c(=O)c2ccccc12. The number of benzene rings is 2. The van der Waals surface area contributed by atoms with Gasteiger partial charge in [-0.25, -0.2) is 4.57 Å². The molecule has 4 rings (SSSR count). The Morgan fingerprint density at radius 1 is 1.17 bits per heavy atom. The van der Waals surface area contributed by atoms with Gasteiger partial charge in [-0.15, -0.1) is 0 Å². The van der Waals surface area contributed by atoms with E-state index in [1.54, 1.807) is 12.3 Å². The minimum absolute atomic E-state index is 0.0678. The Labute approximate surface area is 170 Å². The highest BCUT2D eigenvalue weighted by atomic mass is 16.3. The fraction of sp³-hybridized carbons (Fsp3) is 0.333. The topological polar surface area (TPSA) is 57.8 Å². The lowest BCUT2D eigenvalue weighted by molar-refractivity contribution is 0.273. The normalized spacial score (nSPS) is 17.5. The van der Waals surface area contributed by atoms with E-state index in [4.69, 9.17) is 0 Å².